The van der Waals surface area contributed by atoms with Crippen molar-refractivity contribution in [3.8, 4) is 0 Å². The minimum absolute atomic E-state index is 0.0392. The van der Waals surface area contributed by atoms with Gasteiger partial charge in [-0.1, -0.05) is 19.6 Å². The first-order valence-electron chi connectivity index (χ1n) is 4.45. The van der Waals surface area contributed by atoms with E-state index in [2.05, 4.69) is 55.4 Å². The Kier molecular flexibility index (Phi) is 3.77. The number of rotatable bonds is 3. The number of hydrogen-bond acceptors (Lipinski definition) is 1. The van der Waals surface area contributed by atoms with E-state index in [1.807, 2.05) is 0 Å². The van der Waals surface area contributed by atoms with Crippen LogP contribution in [0.2, 0.25) is 39.3 Å². The summed E-state index contributed by atoms with van der Waals surface area (Å²) in [5.41, 5.74) is 0. The maximum Gasteiger partial charge on any atom is 0.184 e. The molecular weight excluding hydrogens is 199 g/mol. The van der Waals surface area contributed by atoms with Crippen LogP contribution in [0.1, 0.15) is 6.92 Å². The fourth-order valence-corrected chi connectivity index (χ4v) is 5.27. The fraction of sp³-hybridized carbons (Fsp3) is 1.00. The van der Waals surface area contributed by atoms with E-state index in [1.54, 1.807) is 0 Å². The third-order valence-electron chi connectivity index (χ3n) is 2.01. The molecule has 0 aromatic heterocycles. The van der Waals surface area contributed by atoms with Gasteiger partial charge in [0.1, 0.15) is 0 Å². The molecule has 0 rings (SSSR count). The molecule has 74 valence electrons. The molecule has 2 unspecified atom stereocenters. The van der Waals surface area contributed by atoms with Crippen LogP contribution in [-0.2, 0) is 4.43 Å². The molecule has 0 aromatic rings. The predicted molar refractivity (Wildman–Crippen MR) is 65.9 cm³/mol. The Morgan fingerprint density at radius 3 is 1.42 bits per heavy atom. The summed E-state index contributed by atoms with van der Waals surface area (Å²) in [6, 6.07) is 0. The van der Waals surface area contributed by atoms with Crippen molar-refractivity contribution in [3.05, 3.63) is 0 Å². The second-order valence-corrected chi connectivity index (χ2v) is 17.2. The maximum absolute atomic E-state index is 6.15. The van der Waals surface area contributed by atoms with Crippen LogP contribution in [0.5, 0.6) is 0 Å². The average molecular weight is 222 g/mol. The maximum atomic E-state index is 6.15. The molecule has 0 aromatic carbocycles. The topological polar surface area (TPSA) is 9.23 Å². The van der Waals surface area contributed by atoms with Crippen LogP contribution in [0.25, 0.3) is 0 Å². The van der Waals surface area contributed by atoms with Gasteiger partial charge in [-0.3, -0.25) is 0 Å². The third-order valence-corrected chi connectivity index (χ3v) is 9.28. The van der Waals surface area contributed by atoms with Crippen molar-refractivity contribution in [2.75, 3.05) is 0 Å². The highest BCUT2D eigenvalue weighted by molar-refractivity contribution is 7.26. The van der Waals surface area contributed by atoms with Crippen molar-refractivity contribution in [3.63, 3.8) is 0 Å². The molecule has 0 aliphatic heterocycles. The quantitative estimate of drug-likeness (QED) is 0.526. The van der Waals surface area contributed by atoms with Crippen LogP contribution in [0, 0.1) is 0 Å². The molecule has 0 fully saturated rings. The molecule has 0 saturated heterocycles. The van der Waals surface area contributed by atoms with Crippen LogP contribution in [-0.4, -0.2) is 21.4 Å². The van der Waals surface area contributed by atoms with Crippen LogP contribution < -0.4 is 0 Å². The van der Waals surface area contributed by atoms with E-state index in [0.29, 0.717) is 0 Å². The van der Waals surface area contributed by atoms with E-state index in [4.69, 9.17) is 4.43 Å². The minimum Gasteiger partial charge on any atom is -0.412 e. The van der Waals surface area contributed by atoms with Crippen molar-refractivity contribution >= 4 is 25.6 Å². The van der Waals surface area contributed by atoms with E-state index in [-0.39, 0.29) is 4.97 Å². The fourth-order valence-electron chi connectivity index (χ4n) is 0.789. The Morgan fingerprint density at radius 2 is 1.33 bits per heavy atom. The first-order chi connectivity index (χ1) is 4.96. The summed E-state index contributed by atoms with van der Waals surface area (Å²) in [6.07, 6.45) is 0. The standard InChI is InChI=1S/C8H23OPSi2/c1-8(10,11(2,3)4)9-12(5,6)7/h10H2,1-7H3. The van der Waals surface area contributed by atoms with Crippen LogP contribution in [0.3, 0.4) is 0 Å². The second kappa shape index (κ2) is 3.52. The average Bonchev–Trinajstić information content (AvgIpc) is 1.52. The summed E-state index contributed by atoms with van der Waals surface area (Å²) < 4.78 is 6.15. The van der Waals surface area contributed by atoms with E-state index in [9.17, 15) is 0 Å². The largest absolute Gasteiger partial charge is 0.412 e. The van der Waals surface area contributed by atoms with E-state index in [1.165, 1.54) is 0 Å². The third kappa shape index (κ3) is 4.17. The van der Waals surface area contributed by atoms with Crippen molar-refractivity contribution < 1.29 is 4.43 Å². The summed E-state index contributed by atoms with van der Waals surface area (Å²) in [4.78, 5) is 0.0392. The smallest absolute Gasteiger partial charge is 0.184 e. The van der Waals surface area contributed by atoms with E-state index in [0.717, 1.165) is 0 Å². The van der Waals surface area contributed by atoms with Crippen LogP contribution in [0.15, 0.2) is 0 Å². The normalized spacial score (nSPS) is 19.0. The lowest BCUT2D eigenvalue weighted by molar-refractivity contribution is 0.249. The highest BCUT2D eigenvalue weighted by atomic mass is 31.0. The van der Waals surface area contributed by atoms with Gasteiger partial charge in [0.05, 0.1) is 13.0 Å². The van der Waals surface area contributed by atoms with Crippen molar-refractivity contribution in [1.82, 2.24) is 0 Å². The van der Waals surface area contributed by atoms with Crippen molar-refractivity contribution in [2.24, 2.45) is 0 Å². The number of hydrogen-bond donors (Lipinski definition) is 0. The van der Waals surface area contributed by atoms with Gasteiger partial charge in [0.25, 0.3) is 0 Å². The van der Waals surface area contributed by atoms with E-state index < -0.39 is 16.4 Å². The Bertz CT molecular complexity index is 155. The summed E-state index contributed by atoms with van der Waals surface area (Å²) >= 11 is 0. The summed E-state index contributed by atoms with van der Waals surface area (Å²) in [5.74, 6) is 0. The Hall–Kier alpha value is 0.824. The van der Waals surface area contributed by atoms with Crippen LogP contribution in [0.4, 0.5) is 0 Å². The van der Waals surface area contributed by atoms with Gasteiger partial charge in [0.2, 0.25) is 0 Å². The zero-order chi connectivity index (χ0) is 10.2. The molecule has 0 aliphatic rings. The molecule has 0 bridgehead atoms. The first-order valence-corrected chi connectivity index (χ1v) is 11.9. The molecule has 0 N–H and O–H groups in total. The Balaban J connectivity index is 4.44. The SMILES string of the molecule is CC(P)(O[Si](C)(C)C)[Si](C)(C)C. The monoisotopic (exact) mass is 222 g/mol. The lowest BCUT2D eigenvalue weighted by Crippen LogP contribution is -2.51. The highest BCUT2D eigenvalue weighted by Gasteiger charge is 2.39. The molecular formula is C8H23OPSi2. The molecule has 2 atom stereocenters. The van der Waals surface area contributed by atoms with Gasteiger partial charge in [-0.05, 0) is 26.6 Å². The molecule has 0 radical (unpaired) electrons. The molecule has 12 heavy (non-hydrogen) atoms. The van der Waals surface area contributed by atoms with Gasteiger partial charge in [-0.15, -0.1) is 9.24 Å². The predicted octanol–water partition coefficient (Wildman–Crippen LogP) is 3.31. The highest BCUT2D eigenvalue weighted by Crippen LogP contribution is 2.33. The second-order valence-electron chi connectivity index (χ2n) is 5.57. The minimum atomic E-state index is -1.39. The van der Waals surface area contributed by atoms with Gasteiger partial charge >= 0.3 is 0 Å². The van der Waals surface area contributed by atoms with Crippen molar-refractivity contribution in [1.29, 1.82) is 0 Å². The Morgan fingerprint density at radius 1 is 1.00 bits per heavy atom. The van der Waals surface area contributed by atoms with Gasteiger partial charge in [-0.2, -0.15) is 0 Å². The molecule has 1 nitrogen and oxygen atoms in total. The van der Waals surface area contributed by atoms with Gasteiger partial charge in [-0.25, -0.2) is 0 Å². The lowest BCUT2D eigenvalue weighted by atomic mass is 10.8. The molecule has 4 heteroatoms. The summed E-state index contributed by atoms with van der Waals surface area (Å²) in [7, 11) is 0.291. The summed E-state index contributed by atoms with van der Waals surface area (Å²) in [5, 5.41) is 0. The molecule has 0 aliphatic carbocycles. The molecule has 0 spiro atoms. The van der Waals surface area contributed by atoms with Gasteiger partial charge < -0.3 is 4.43 Å². The molecule has 0 heterocycles. The van der Waals surface area contributed by atoms with Gasteiger partial charge in [0.15, 0.2) is 8.32 Å². The zero-order valence-electron chi connectivity index (χ0n) is 9.49. The Labute approximate surface area is 81.6 Å². The molecule has 0 amide bonds. The van der Waals surface area contributed by atoms with Crippen molar-refractivity contribution in [2.45, 2.75) is 51.2 Å². The van der Waals surface area contributed by atoms with Gasteiger partial charge in [0, 0.05) is 0 Å². The lowest BCUT2D eigenvalue weighted by Gasteiger charge is -2.41. The molecule has 0 saturated carbocycles. The first kappa shape index (κ1) is 12.8. The van der Waals surface area contributed by atoms with Crippen LogP contribution >= 0.6 is 9.24 Å². The zero-order valence-corrected chi connectivity index (χ0v) is 12.6. The van der Waals surface area contributed by atoms with E-state index >= 15 is 0 Å². The summed E-state index contributed by atoms with van der Waals surface area (Å²) in [6.45, 7) is 16.0.